The van der Waals surface area contributed by atoms with Crippen molar-refractivity contribution in [3.05, 3.63) is 52.8 Å². The molecule has 2 N–H and O–H groups in total. The van der Waals surface area contributed by atoms with Crippen LogP contribution >= 0.6 is 22.9 Å². The second-order valence-electron chi connectivity index (χ2n) is 5.45. The van der Waals surface area contributed by atoms with E-state index in [0.29, 0.717) is 10.2 Å². The molecule has 3 amide bonds. The standard InChI is InChI=1S/C16H11ClFN3O4S2/c1-27(24,25)9-3-5-12-13(7-9)26-16(19-12)21-15(23)20-14(22)10-4-2-8(18)6-11(10)17/h2-7H,1H3,(H2,19,20,21,22,23). The van der Waals surface area contributed by atoms with E-state index < -0.39 is 27.6 Å². The van der Waals surface area contributed by atoms with Crippen LogP contribution in [0.5, 0.6) is 0 Å². The average molecular weight is 428 g/mol. The molecule has 0 unspecified atom stereocenters. The molecule has 3 rings (SSSR count). The molecule has 2 aromatic carbocycles. The molecule has 1 aromatic heterocycles. The average Bonchev–Trinajstić information content (AvgIpc) is 2.94. The van der Waals surface area contributed by atoms with E-state index in [9.17, 15) is 22.4 Å². The minimum absolute atomic E-state index is 0.0599. The quantitative estimate of drug-likeness (QED) is 0.666. The lowest BCUT2D eigenvalue weighted by Gasteiger charge is -2.05. The van der Waals surface area contributed by atoms with E-state index in [0.717, 1.165) is 35.8 Å². The summed E-state index contributed by atoms with van der Waals surface area (Å²) >= 11 is 6.83. The molecular weight excluding hydrogens is 417 g/mol. The number of urea groups is 1. The van der Waals surface area contributed by atoms with Crippen molar-refractivity contribution in [1.82, 2.24) is 10.3 Å². The molecule has 0 spiro atoms. The summed E-state index contributed by atoms with van der Waals surface area (Å²) in [5.41, 5.74) is 0.436. The van der Waals surface area contributed by atoms with Gasteiger partial charge in [0.15, 0.2) is 15.0 Å². The van der Waals surface area contributed by atoms with Gasteiger partial charge in [-0.3, -0.25) is 15.4 Å². The molecular formula is C16H11ClFN3O4S2. The molecule has 3 aromatic rings. The molecule has 0 saturated carbocycles. The van der Waals surface area contributed by atoms with E-state index in [2.05, 4.69) is 15.6 Å². The number of nitrogens with zero attached hydrogens (tertiary/aromatic N) is 1. The number of amides is 3. The van der Waals surface area contributed by atoms with Crippen LogP contribution in [0.25, 0.3) is 10.2 Å². The van der Waals surface area contributed by atoms with Gasteiger partial charge >= 0.3 is 6.03 Å². The Labute approximate surface area is 162 Å². The molecule has 11 heteroatoms. The van der Waals surface area contributed by atoms with Crippen LogP contribution in [-0.2, 0) is 9.84 Å². The number of rotatable bonds is 3. The van der Waals surface area contributed by atoms with Crippen LogP contribution in [-0.4, -0.2) is 31.6 Å². The molecule has 0 bridgehead atoms. The number of thiazole rings is 1. The maximum absolute atomic E-state index is 13.0. The molecule has 0 aliphatic heterocycles. The first-order valence-electron chi connectivity index (χ1n) is 7.31. The van der Waals surface area contributed by atoms with Gasteiger partial charge in [0.05, 0.1) is 25.7 Å². The maximum Gasteiger partial charge on any atom is 0.327 e. The van der Waals surface area contributed by atoms with Gasteiger partial charge in [0, 0.05) is 6.26 Å². The highest BCUT2D eigenvalue weighted by molar-refractivity contribution is 7.90. The zero-order valence-corrected chi connectivity index (χ0v) is 16.0. The minimum Gasteiger partial charge on any atom is -0.283 e. The van der Waals surface area contributed by atoms with Crippen molar-refractivity contribution in [2.75, 3.05) is 11.6 Å². The van der Waals surface area contributed by atoms with Gasteiger partial charge < -0.3 is 0 Å². The van der Waals surface area contributed by atoms with Crippen molar-refractivity contribution >= 4 is 60.1 Å². The number of sulfone groups is 1. The third kappa shape index (κ3) is 4.41. The van der Waals surface area contributed by atoms with Gasteiger partial charge in [-0.1, -0.05) is 22.9 Å². The summed E-state index contributed by atoms with van der Waals surface area (Å²) in [6.07, 6.45) is 1.09. The van der Waals surface area contributed by atoms with E-state index in [1.165, 1.54) is 18.2 Å². The van der Waals surface area contributed by atoms with Crippen molar-refractivity contribution in [2.45, 2.75) is 4.90 Å². The Balaban J connectivity index is 1.74. The molecule has 140 valence electrons. The van der Waals surface area contributed by atoms with Crippen LogP contribution in [0.3, 0.4) is 0 Å². The van der Waals surface area contributed by atoms with Crippen LogP contribution in [0.2, 0.25) is 5.02 Å². The number of carbonyl (C=O) groups excluding carboxylic acids is 2. The van der Waals surface area contributed by atoms with Crippen molar-refractivity contribution < 1.29 is 22.4 Å². The number of benzene rings is 2. The van der Waals surface area contributed by atoms with Crippen molar-refractivity contribution in [3.63, 3.8) is 0 Å². The number of hydrogen-bond acceptors (Lipinski definition) is 6. The fourth-order valence-corrected chi connectivity index (χ4v) is 4.04. The number of anilines is 1. The minimum atomic E-state index is -3.37. The van der Waals surface area contributed by atoms with Crippen LogP contribution in [0.1, 0.15) is 10.4 Å². The number of fused-ring (bicyclic) bond motifs is 1. The van der Waals surface area contributed by atoms with Gasteiger partial charge in [-0.05, 0) is 36.4 Å². The summed E-state index contributed by atoms with van der Waals surface area (Å²) in [6.45, 7) is 0. The predicted octanol–water partition coefficient (Wildman–Crippen LogP) is 3.45. The summed E-state index contributed by atoms with van der Waals surface area (Å²) in [6, 6.07) is 6.70. The van der Waals surface area contributed by atoms with Gasteiger partial charge in [-0.25, -0.2) is 22.6 Å². The van der Waals surface area contributed by atoms with Crippen LogP contribution in [0.4, 0.5) is 14.3 Å². The summed E-state index contributed by atoms with van der Waals surface area (Å²) in [7, 11) is -3.37. The van der Waals surface area contributed by atoms with E-state index in [1.54, 1.807) is 0 Å². The molecule has 0 aliphatic carbocycles. The molecule has 0 radical (unpaired) electrons. The highest BCUT2D eigenvalue weighted by Gasteiger charge is 2.16. The largest absolute Gasteiger partial charge is 0.327 e. The van der Waals surface area contributed by atoms with E-state index in [1.807, 2.05) is 0 Å². The molecule has 0 atom stereocenters. The molecule has 0 aliphatic rings. The zero-order chi connectivity index (χ0) is 19.8. The molecule has 1 heterocycles. The van der Waals surface area contributed by atoms with Crippen LogP contribution in [0.15, 0.2) is 41.3 Å². The second kappa shape index (κ2) is 7.22. The highest BCUT2D eigenvalue weighted by atomic mass is 35.5. The summed E-state index contributed by atoms with van der Waals surface area (Å²) in [5, 5.41) is 4.49. The third-order valence-corrected chi connectivity index (χ3v) is 5.77. The Morgan fingerprint density at radius 1 is 1.19 bits per heavy atom. The SMILES string of the molecule is CS(=O)(=O)c1ccc2nc(NC(=O)NC(=O)c3ccc(F)cc3Cl)sc2c1. The number of aromatic nitrogens is 1. The van der Waals surface area contributed by atoms with Crippen molar-refractivity contribution in [2.24, 2.45) is 0 Å². The molecule has 27 heavy (non-hydrogen) atoms. The monoisotopic (exact) mass is 427 g/mol. The Morgan fingerprint density at radius 2 is 1.93 bits per heavy atom. The first-order chi connectivity index (χ1) is 12.6. The lowest BCUT2D eigenvalue weighted by atomic mass is 10.2. The fourth-order valence-electron chi connectivity index (χ4n) is 2.16. The number of nitrogens with one attached hydrogen (secondary N) is 2. The Bertz CT molecular complexity index is 1180. The first-order valence-corrected chi connectivity index (χ1v) is 10.4. The second-order valence-corrected chi connectivity index (χ2v) is 8.91. The number of carbonyl (C=O) groups is 2. The number of hydrogen-bond donors (Lipinski definition) is 2. The third-order valence-electron chi connectivity index (χ3n) is 3.41. The fraction of sp³-hybridized carbons (Fsp3) is 0.0625. The lowest BCUT2D eigenvalue weighted by Crippen LogP contribution is -2.34. The van der Waals surface area contributed by atoms with Crippen molar-refractivity contribution in [1.29, 1.82) is 0 Å². The van der Waals surface area contributed by atoms with E-state index in [-0.39, 0.29) is 20.6 Å². The van der Waals surface area contributed by atoms with Gasteiger partial charge in [0.25, 0.3) is 5.91 Å². The van der Waals surface area contributed by atoms with Gasteiger partial charge in [-0.15, -0.1) is 0 Å². The molecule has 0 saturated heterocycles. The van der Waals surface area contributed by atoms with E-state index >= 15 is 0 Å². The van der Waals surface area contributed by atoms with Gasteiger partial charge in [0.1, 0.15) is 5.82 Å². The Kier molecular flexibility index (Phi) is 5.13. The summed E-state index contributed by atoms with van der Waals surface area (Å²) in [5.74, 6) is -1.41. The van der Waals surface area contributed by atoms with Gasteiger partial charge in [0.2, 0.25) is 0 Å². The molecule has 0 fully saturated rings. The Morgan fingerprint density at radius 3 is 2.59 bits per heavy atom. The topological polar surface area (TPSA) is 105 Å². The van der Waals surface area contributed by atoms with Gasteiger partial charge in [-0.2, -0.15) is 0 Å². The predicted molar refractivity (Wildman–Crippen MR) is 101 cm³/mol. The molecule has 7 nitrogen and oxygen atoms in total. The smallest absolute Gasteiger partial charge is 0.283 e. The number of imide groups is 1. The van der Waals surface area contributed by atoms with Crippen LogP contribution < -0.4 is 10.6 Å². The Hall–Kier alpha value is -2.56. The first kappa shape index (κ1) is 19.2. The van der Waals surface area contributed by atoms with E-state index in [4.69, 9.17) is 11.6 Å². The van der Waals surface area contributed by atoms with Crippen molar-refractivity contribution in [3.8, 4) is 0 Å². The summed E-state index contributed by atoms with van der Waals surface area (Å²) in [4.78, 5) is 28.3. The normalized spacial score (nSPS) is 11.4. The highest BCUT2D eigenvalue weighted by Crippen LogP contribution is 2.28. The number of halogens is 2. The lowest BCUT2D eigenvalue weighted by molar-refractivity contribution is 0.0967. The maximum atomic E-state index is 13.0. The van der Waals surface area contributed by atoms with Crippen LogP contribution in [0, 0.1) is 5.82 Å². The zero-order valence-electron chi connectivity index (χ0n) is 13.6. The summed E-state index contributed by atoms with van der Waals surface area (Å²) < 4.78 is 36.8.